The molecule has 1 aromatic heterocycles. The molecule has 0 aromatic carbocycles. The molecular formula is C13H21N3O. The lowest BCUT2D eigenvalue weighted by Gasteiger charge is -2.22. The third-order valence-electron chi connectivity index (χ3n) is 3.36. The maximum absolute atomic E-state index is 10.0. The third-order valence-corrected chi connectivity index (χ3v) is 3.36. The van der Waals surface area contributed by atoms with E-state index in [2.05, 4.69) is 15.6 Å². The summed E-state index contributed by atoms with van der Waals surface area (Å²) in [4.78, 5) is 4.16. The molecule has 1 fully saturated rings. The summed E-state index contributed by atoms with van der Waals surface area (Å²) in [5.74, 6) is 0. The van der Waals surface area contributed by atoms with Crippen LogP contribution >= 0.6 is 0 Å². The van der Waals surface area contributed by atoms with Gasteiger partial charge in [0.15, 0.2) is 0 Å². The summed E-state index contributed by atoms with van der Waals surface area (Å²) in [5, 5.41) is 16.5. The minimum atomic E-state index is -0.240. The van der Waals surface area contributed by atoms with Gasteiger partial charge in [-0.2, -0.15) is 0 Å². The summed E-state index contributed by atoms with van der Waals surface area (Å²) in [6.07, 6.45) is 8.83. The fraction of sp³-hybridized carbons (Fsp3) is 0.615. The molecule has 1 heterocycles. The van der Waals surface area contributed by atoms with E-state index >= 15 is 0 Å². The Kier molecular flexibility index (Phi) is 4.20. The van der Waals surface area contributed by atoms with Crippen molar-refractivity contribution in [3.8, 4) is 0 Å². The number of pyridine rings is 1. The fourth-order valence-corrected chi connectivity index (χ4v) is 2.33. The molecule has 0 saturated heterocycles. The topological polar surface area (TPSA) is 57.2 Å². The second-order valence-electron chi connectivity index (χ2n) is 4.67. The van der Waals surface area contributed by atoms with Crippen LogP contribution in [0, 0.1) is 0 Å². The zero-order valence-electron chi connectivity index (χ0n) is 10.3. The fourth-order valence-electron chi connectivity index (χ4n) is 2.33. The van der Waals surface area contributed by atoms with Gasteiger partial charge in [0.05, 0.1) is 35.9 Å². The smallest absolute Gasteiger partial charge is 0.0741 e. The average molecular weight is 235 g/mol. The number of aliphatic hydroxyl groups excluding tert-OH is 1. The van der Waals surface area contributed by atoms with E-state index in [1.54, 1.807) is 12.4 Å². The number of rotatable bonds is 3. The third kappa shape index (κ3) is 3.33. The number of nitrogens with one attached hydrogen (secondary N) is 2. The maximum Gasteiger partial charge on any atom is 0.0741 e. The summed E-state index contributed by atoms with van der Waals surface area (Å²) >= 11 is 0. The number of aliphatic hydroxyl groups is 1. The lowest BCUT2D eigenvalue weighted by Crippen LogP contribution is -2.32. The standard InChI is InChI=1S/C13H21N3O/c1-14-10-7-11(9-15-8-10)16-12-5-3-2-4-6-13(12)17/h7-9,12-14,16-17H,2-6H2,1H3. The Bertz CT molecular complexity index is 356. The van der Waals surface area contributed by atoms with Crippen molar-refractivity contribution >= 4 is 11.4 Å². The lowest BCUT2D eigenvalue weighted by molar-refractivity contribution is 0.144. The first-order valence-corrected chi connectivity index (χ1v) is 6.37. The van der Waals surface area contributed by atoms with E-state index < -0.39 is 0 Å². The largest absolute Gasteiger partial charge is 0.391 e. The molecule has 0 spiro atoms. The Labute approximate surface area is 102 Å². The predicted octanol–water partition coefficient (Wildman–Crippen LogP) is 2.23. The van der Waals surface area contributed by atoms with Crippen LogP contribution in [0.1, 0.15) is 32.1 Å². The van der Waals surface area contributed by atoms with Crippen LogP contribution in [0.2, 0.25) is 0 Å². The van der Waals surface area contributed by atoms with Gasteiger partial charge in [-0.15, -0.1) is 0 Å². The van der Waals surface area contributed by atoms with Crippen LogP contribution in [0.15, 0.2) is 18.5 Å². The van der Waals surface area contributed by atoms with E-state index in [1.807, 2.05) is 13.1 Å². The molecule has 2 atom stereocenters. The van der Waals surface area contributed by atoms with Crippen molar-refractivity contribution < 1.29 is 5.11 Å². The van der Waals surface area contributed by atoms with Gasteiger partial charge in [0.25, 0.3) is 0 Å². The first-order chi connectivity index (χ1) is 8.29. The molecule has 0 radical (unpaired) electrons. The molecule has 2 rings (SSSR count). The highest BCUT2D eigenvalue weighted by molar-refractivity contribution is 5.54. The number of aromatic nitrogens is 1. The molecule has 2 unspecified atom stereocenters. The van der Waals surface area contributed by atoms with E-state index in [-0.39, 0.29) is 12.1 Å². The maximum atomic E-state index is 10.0. The molecule has 1 aliphatic carbocycles. The van der Waals surface area contributed by atoms with Crippen LogP contribution in [0.4, 0.5) is 11.4 Å². The van der Waals surface area contributed by atoms with Crippen molar-refractivity contribution in [2.75, 3.05) is 17.7 Å². The summed E-state index contributed by atoms with van der Waals surface area (Å²) in [6, 6.07) is 2.18. The van der Waals surface area contributed by atoms with E-state index in [0.717, 1.165) is 30.6 Å². The highest BCUT2D eigenvalue weighted by atomic mass is 16.3. The molecule has 0 bridgehead atoms. The Hall–Kier alpha value is -1.29. The normalized spacial score (nSPS) is 25.1. The molecule has 0 amide bonds. The van der Waals surface area contributed by atoms with Crippen LogP contribution in [0.25, 0.3) is 0 Å². The van der Waals surface area contributed by atoms with E-state index in [9.17, 15) is 5.11 Å². The van der Waals surface area contributed by atoms with Crippen LogP contribution in [-0.4, -0.2) is 29.3 Å². The zero-order chi connectivity index (χ0) is 12.1. The molecule has 94 valence electrons. The molecular weight excluding hydrogens is 214 g/mol. The van der Waals surface area contributed by atoms with Gasteiger partial charge in [0.1, 0.15) is 0 Å². The Morgan fingerprint density at radius 2 is 1.94 bits per heavy atom. The van der Waals surface area contributed by atoms with Gasteiger partial charge < -0.3 is 15.7 Å². The van der Waals surface area contributed by atoms with Crippen molar-refractivity contribution in [3.63, 3.8) is 0 Å². The predicted molar refractivity (Wildman–Crippen MR) is 70.3 cm³/mol. The van der Waals surface area contributed by atoms with Gasteiger partial charge in [0.2, 0.25) is 0 Å². The van der Waals surface area contributed by atoms with Crippen LogP contribution in [0.5, 0.6) is 0 Å². The molecule has 4 nitrogen and oxygen atoms in total. The van der Waals surface area contributed by atoms with Gasteiger partial charge in [-0.1, -0.05) is 19.3 Å². The van der Waals surface area contributed by atoms with Crippen LogP contribution in [-0.2, 0) is 0 Å². The summed E-state index contributed by atoms with van der Waals surface area (Å²) in [6.45, 7) is 0. The van der Waals surface area contributed by atoms with Crippen LogP contribution < -0.4 is 10.6 Å². The average Bonchev–Trinajstić information content (AvgIpc) is 2.55. The first-order valence-electron chi connectivity index (χ1n) is 6.37. The minimum absolute atomic E-state index is 0.159. The summed E-state index contributed by atoms with van der Waals surface area (Å²) in [5.41, 5.74) is 1.96. The van der Waals surface area contributed by atoms with Crippen LogP contribution in [0.3, 0.4) is 0 Å². The van der Waals surface area contributed by atoms with Gasteiger partial charge in [-0.25, -0.2) is 0 Å². The number of hydrogen-bond donors (Lipinski definition) is 3. The highest BCUT2D eigenvalue weighted by Crippen LogP contribution is 2.22. The van der Waals surface area contributed by atoms with Crippen molar-refractivity contribution in [1.82, 2.24) is 4.98 Å². The second-order valence-corrected chi connectivity index (χ2v) is 4.67. The van der Waals surface area contributed by atoms with E-state index in [0.29, 0.717) is 0 Å². The van der Waals surface area contributed by atoms with Gasteiger partial charge in [-0.3, -0.25) is 4.98 Å². The zero-order valence-corrected chi connectivity index (χ0v) is 10.3. The minimum Gasteiger partial charge on any atom is -0.391 e. The van der Waals surface area contributed by atoms with E-state index in [4.69, 9.17) is 0 Å². The molecule has 4 heteroatoms. The Morgan fingerprint density at radius 1 is 1.18 bits per heavy atom. The SMILES string of the molecule is CNc1cncc(NC2CCCCCC2O)c1. The second kappa shape index (κ2) is 5.87. The number of hydrogen-bond acceptors (Lipinski definition) is 4. The van der Waals surface area contributed by atoms with Gasteiger partial charge >= 0.3 is 0 Å². The summed E-state index contributed by atoms with van der Waals surface area (Å²) < 4.78 is 0. The van der Waals surface area contributed by atoms with Crippen molar-refractivity contribution in [2.45, 2.75) is 44.2 Å². The van der Waals surface area contributed by atoms with Crippen molar-refractivity contribution in [3.05, 3.63) is 18.5 Å². The highest BCUT2D eigenvalue weighted by Gasteiger charge is 2.21. The van der Waals surface area contributed by atoms with E-state index in [1.165, 1.54) is 12.8 Å². The molecule has 17 heavy (non-hydrogen) atoms. The number of nitrogens with zero attached hydrogens (tertiary/aromatic N) is 1. The molecule has 1 aliphatic rings. The monoisotopic (exact) mass is 235 g/mol. The quantitative estimate of drug-likeness (QED) is 0.703. The Balaban J connectivity index is 2.02. The molecule has 1 saturated carbocycles. The molecule has 3 N–H and O–H groups in total. The first kappa shape index (κ1) is 12.2. The van der Waals surface area contributed by atoms with Gasteiger partial charge in [-0.05, 0) is 18.9 Å². The number of anilines is 2. The molecule has 1 aromatic rings. The van der Waals surface area contributed by atoms with Crippen molar-refractivity contribution in [2.24, 2.45) is 0 Å². The van der Waals surface area contributed by atoms with Gasteiger partial charge in [0, 0.05) is 7.05 Å². The Morgan fingerprint density at radius 3 is 2.76 bits per heavy atom. The van der Waals surface area contributed by atoms with Crippen molar-refractivity contribution in [1.29, 1.82) is 0 Å². The lowest BCUT2D eigenvalue weighted by atomic mass is 10.1. The summed E-state index contributed by atoms with van der Waals surface area (Å²) in [7, 11) is 1.88. The molecule has 0 aliphatic heterocycles.